The molecule has 0 heterocycles. The van der Waals surface area contributed by atoms with E-state index in [-0.39, 0.29) is 16.7 Å². The summed E-state index contributed by atoms with van der Waals surface area (Å²) < 4.78 is 5.38. The fourth-order valence-corrected chi connectivity index (χ4v) is 3.22. The highest BCUT2D eigenvalue weighted by Crippen LogP contribution is 2.26. The molecule has 0 saturated heterocycles. The number of benzene rings is 2. The van der Waals surface area contributed by atoms with Gasteiger partial charge >= 0.3 is 5.97 Å². The number of carboxylic acid groups (broad SMARTS) is 1. The third-order valence-corrected chi connectivity index (χ3v) is 5.03. The van der Waals surface area contributed by atoms with Crippen LogP contribution in [0.4, 0.5) is 11.4 Å². The number of hydrogen-bond donors (Lipinski definition) is 3. The van der Waals surface area contributed by atoms with E-state index in [4.69, 9.17) is 9.84 Å². The van der Waals surface area contributed by atoms with Gasteiger partial charge in [0.1, 0.15) is 5.75 Å². The lowest BCUT2D eigenvalue weighted by Crippen LogP contribution is -2.22. The summed E-state index contributed by atoms with van der Waals surface area (Å²) in [6, 6.07) is 14.1. The average molecular weight is 429 g/mol. The third kappa shape index (κ3) is 7.29. The molecule has 0 spiro atoms. The Morgan fingerprint density at radius 3 is 2.17 bits per heavy atom. The maximum absolute atomic E-state index is 12.4. The summed E-state index contributed by atoms with van der Waals surface area (Å²) >= 11 is 1.39. The van der Waals surface area contributed by atoms with Crippen LogP contribution < -0.4 is 15.4 Å². The molecule has 30 heavy (non-hydrogen) atoms. The molecule has 0 radical (unpaired) electrons. The molecule has 2 aromatic rings. The Morgan fingerprint density at radius 2 is 1.60 bits per heavy atom. The molecule has 2 rings (SSSR count). The van der Waals surface area contributed by atoms with Gasteiger partial charge in [0.25, 0.3) is 0 Å². The molecule has 2 aromatic carbocycles. The third-order valence-electron chi connectivity index (χ3n) is 3.92. The lowest BCUT2D eigenvalue weighted by Gasteiger charge is -2.13. The van der Waals surface area contributed by atoms with Crippen molar-refractivity contribution in [3.63, 3.8) is 0 Å². The van der Waals surface area contributed by atoms with Crippen molar-refractivity contribution in [2.45, 2.75) is 30.9 Å². The normalized spacial score (nSPS) is 12.0. The number of ether oxygens (including phenoxy) is 1. The Labute approximate surface area is 179 Å². The van der Waals surface area contributed by atoms with Crippen molar-refractivity contribution in [1.29, 1.82) is 0 Å². The maximum Gasteiger partial charge on any atom is 0.331 e. The molecule has 158 valence electrons. The van der Waals surface area contributed by atoms with Gasteiger partial charge in [-0.25, -0.2) is 4.79 Å². The van der Waals surface area contributed by atoms with Crippen LogP contribution in [-0.2, 0) is 14.4 Å². The lowest BCUT2D eigenvalue weighted by atomic mass is 10.2. The Balaban J connectivity index is 1.89. The second-order valence-corrected chi connectivity index (χ2v) is 7.77. The lowest BCUT2D eigenvalue weighted by molar-refractivity contribution is -0.132. The Morgan fingerprint density at radius 1 is 1.03 bits per heavy atom. The van der Waals surface area contributed by atoms with Crippen molar-refractivity contribution in [2.75, 3.05) is 17.2 Å². The van der Waals surface area contributed by atoms with Crippen LogP contribution in [-0.4, -0.2) is 34.7 Å². The maximum atomic E-state index is 12.4. The van der Waals surface area contributed by atoms with Crippen molar-refractivity contribution in [1.82, 2.24) is 0 Å². The highest BCUT2D eigenvalue weighted by Gasteiger charge is 2.15. The minimum Gasteiger partial charge on any atom is -0.494 e. The number of carboxylic acids is 1. The van der Waals surface area contributed by atoms with E-state index in [0.717, 1.165) is 16.7 Å². The van der Waals surface area contributed by atoms with Crippen molar-refractivity contribution in [2.24, 2.45) is 0 Å². The molecule has 0 saturated carbocycles. The summed E-state index contributed by atoms with van der Waals surface area (Å²) in [6.07, 6.45) is 1.03. The van der Waals surface area contributed by atoms with Crippen LogP contribution in [0.3, 0.4) is 0 Å². The van der Waals surface area contributed by atoms with E-state index in [1.165, 1.54) is 18.7 Å². The summed E-state index contributed by atoms with van der Waals surface area (Å²) in [5, 5.41) is 13.9. The van der Waals surface area contributed by atoms with Gasteiger partial charge in [0, 0.05) is 27.9 Å². The highest BCUT2D eigenvalue weighted by molar-refractivity contribution is 8.00. The minimum atomic E-state index is -1.14. The first-order valence-corrected chi connectivity index (χ1v) is 10.2. The fraction of sp³-hybridized carbons (Fsp3) is 0.227. The number of amides is 2. The largest absolute Gasteiger partial charge is 0.494 e. The number of hydrogen-bond acceptors (Lipinski definition) is 5. The second kappa shape index (κ2) is 11.1. The first-order valence-electron chi connectivity index (χ1n) is 9.31. The van der Waals surface area contributed by atoms with E-state index in [1.54, 1.807) is 48.5 Å². The molecule has 0 fully saturated rings. The van der Waals surface area contributed by atoms with Crippen molar-refractivity contribution in [3.8, 4) is 5.75 Å². The van der Waals surface area contributed by atoms with Gasteiger partial charge in [-0.3, -0.25) is 9.59 Å². The molecule has 7 nitrogen and oxygen atoms in total. The van der Waals surface area contributed by atoms with Crippen LogP contribution in [0.15, 0.2) is 65.1 Å². The number of rotatable bonds is 9. The molecule has 0 aromatic heterocycles. The molecule has 0 bridgehead atoms. The predicted octanol–water partition coefficient (Wildman–Crippen LogP) is 4.17. The van der Waals surface area contributed by atoms with E-state index in [9.17, 15) is 14.4 Å². The molecule has 0 aliphatic heterocycles. The van der Waals surface area contributed by atoms with Crippen LogP contribution in [0.1, 0.15) is 20.8 Å². The Bertz CT molecular complexity index is 924. The van der Waals surface area contributed by atoms with Crippen LogP contribution in [0.2, 0.25) is 0 Å². The number of nitrogens with one attached hydrogen (secondary N) is 2. The van der Waals surface area contributed by atoms with Crippen LogP contribution >= 0.6 is 11.8 Å². The first-order chi connectivity index (χ1) is 14.3. The van der Waals surface area contributed by atoms with Crippen LogP contribution in [0, 0.1) is 0 Å². The minimum absolute atomic E-state index is 0.0490. The quantitative estimate of drug-likeness (QED) is 0.409. The van der Waals surface area contributed by atoms with E-state index in [2.05, 4.69) is 10.6 Å². The molecule has 2 amide bonds. The second-order valence-electron chi connectivity index (χ2n) is 6.35. The average Bonchev–Trinajstić information content (AvgIpc) is 2.71. The molecule has 0 aliphatic carbocycles. The molecular formula is C22H24N2O5S. The Hall–Kier alpha value is -3.26. The van der Waals surface area contributed by atoms with Crippen LogP contribution in [0.25, 0.3) is 0 Å². The number of aliphatic carboxylic acids is 1. The molecule has 1 atom stereocenters. The zero-order valence-corrected chi connectivity index (χ0v) is 17.8. The van der Waals surface area contributed by atoms with Gasteiger partial charge in [-0.15, -0.1) is 11.8 Å². The Kier molecular flexibility index (Phi) is 8.49. The van der Waals surface area contributed by atoms with Crippen molar-refractivity contribution >= 4 is 40.9 Å². The zero-order chi connectivity index (χ0) is 22.1. The van der Waals surface area contributed by atoms with Gasteiger partial charge < -0.3 is 20.5 Å². The standard InChI is InChI=1S/C22H24N2O5S/c1-4-29-18-9-5-17(6-10-18)24-21(26)15(3)30-19-11-7-16(8-12-19)23-20(25)13-14(2)22(27)28/h5-13,15H,4H2,1-3H3,(H,23,25)(H,24,26)(H,27,28)/b14-13+/t15-/m0/s1. The SMILES string of the molecule is CCOc1ccc(NC(=O)[C@H](C)Sc2ccc(NC(=O)/C=C(\C)C(=O)O)cc2)cc1. The van der Waals surface area contributed by atoms with Gasteiger partial charge in [0.15, 0.2) is 0 Å². The summed E-state index contributed by atoms with van der Waals surface area (Å²) in [6.45, 7) is 5.65. The summed E-state index contributed by atoms with van der Waals surface area (Å²) in [4.78, 5) is 35.8. The molecule has 8 heteroatoms. The number of carbonyl (C=O) groups excluding carboxylic acids is 2. The van der Waals surface area contributed by atoms with Crippen LogP contribution in [0.5, 0.6) is 5.75 Å². The van der Waals surface area contributed by atoms with Gasteiger partial charge in [-0.05, 0) is 69.3 Å². The van der Waals surface area contributed by atoms with Crippen molar-refractivity contribution in [3.05, 3.63) is 60.2 Å². The van der Waals surface area contributed by atoms with Gasteiger partial charge in [-0.2, -0.15) is 0 Å². The predicted molar refractivity (Wildman–Crippen MR) is 118 cm³/mol. The smallest absolute Gasteiger partial charge is 0.331 e. The molecule has 0 aliphatic rings. The topological polar surface area (TPSA) is 105 Å². The van der Waals surface area contributed by atoms with E-state index < -0.39 is 11.9 Å². The highest BCUT2D eigenvalue weighted by atomic mass is 32.2. The number of anilines is 2. The molecular weight excluding hydrogens is 404 g/mol. The molecule has 3 N–H and O–H groups in total. The van der Waals surface area contributed by atoms with E-state index in [0.29, 0.717) is 18.0 Å². The number of thioether (sulfide) groups is 1. The summed E-state index contributed by atoms with van der Waals surface area (Å²) in [7, 11) is 0. The zero-order valence-electron chi connectivity index (χ0n) is 17.0. The molecule has 0 unspecified atom stereocenters. The van der Waals surface area contributed by atoms with Gasteiger partial charge in [0.2, 0.25) is 11.8 Å². The fourth-order valence-electron chi connectivity index (χ4n) is 2.36. The van der Waals surface area contributed by atoms with Crippen molar-refractivity contribution < 1.29 is 24.2 Å². The monoisotopic (exact) mass is 428 g/mol. The number of carbonyl (C=O) groups is 3. The van der Waals surface area contributed by atoms with Gasteiger partial charge in [0.05, 0.1) is 11.9 Å². The summed E-state index contributed by atoms with van der Waals surface area (Å²) in [5.41, 5.74) is 1.18. The van der Waals surface area contributed by atoms with E-state index >= 15 is 0 Å². The van der Waals surface area contributed by atoms with E-state index in [1.807, 2.05) is 13.8 Å². The van der Waals surface area contributed by atoms with Gasteiger partial charge in [-0.1, -0.05) is 0 Å². The summed E-state index contributed by atoms with van der Waals surface area (Å²) in [5.74, 6) is -1.04. The first kappa shape index (κ1) is 23.0.